The van der Waals surface area contributed by atoms with Gasteiger partial charge in [-0.1, -0.05) is 94.5 Å². The van der Waals surface area contributed by atoms with E-state index in [1.807, 2.05) is 0 Å². The zero-order valence-electron chi connectivity index (χ0n) is 15.6. The second kappa shape index (κ2) is 17.1. The molecule has 0 saturated carbocycles. The zero-order chi connectivity index (χ0) is 18.0. The maximum absolute atomic E-state index is 10.4. The van der Waals surface area contributed by atoms with Gasteiger partial charge >= 0.3 is 0 Å². The third-order valence-electron chi connectivity index (χ3n) is 4.53. The van der Waals surface area contributed by atoms with Crippen molar-refractivity contribution in [1.29, 1.82) is 0 Å². The molecule has 4 heteroatoms. The molecule has 0 amide bonds. The maximum Gasteiger partial charge on any atom is 0.0560 e. The van der Waals surface area contributed by atoms with Gasteiger partial charge in [-0.2, -0.15) is 0 Å². The molecule has 0 saturated heterocycles. The Kier molecular flexibility index (Phi) is 15.6. The van der Waals surface area contributed by atoms with Crippen LogP contribution in [-0.4, -0.2) is 19.6 Å². The fraction of sp³-hybridized carbons (Fsp3) is 0.714. The summed E-state index contributed by atoms with van der Waals surface area (Å²) in [5, 5.41) is 0.256. The SMILES string of the molecule is O=S([O-])CSCCCCCCCCCCCCCCc1ccccc1. The molecular weight excluding hydrogens is 348 g/mol. The lowest BCUT2D eigenvalue weighted by Crippen LogP contribution is -1.91. The van der Waals surface area contributed by atoms with Crippen molar-refractivity contribution in [2.24, 2.45) is 0 Å². The van der Waals surface area contributed by atoms with Crippen LogP contribution in [0.3, 0.4) is 0 Å². The average molecular weight is 384 g/mol. The van der Waals surface area contributed by atoms with Gasteiger partial charge in [0.05, 0.1) is 5.08 Å². The minimum atomic E-state index is -1.88. The van der Waals surface area contributed by atoms with Gasteiger partial charge in [-0.05, 0) is 41.7 Å². The normalized spacial score (nSPS) is 12.4. The number of unbranched alkanes of at least 4 members (excludes halogenated alkanes) is 11. The number of hydrogen-bond acceptors (Lipinski definition) is 3. The van der Waals surface area contributed by atoms with Crippen LogP contribution >= 0.6 is 11.8 Å². The third-order valence-corrected chi connectivity index (χ3v) is 6.54. The molecule has 0 aliphatic carbocycles. The Hall–Kier alpha value is -0.320. The van der Waals surface area contributed by atoms with Crippen molar-refractivity contribution in [2.75, 3.05) is 10.8 Å². The molecule has 25 heavy (non-hydrogen) atoms. The monoisotopic (exact) mass is 383 g/mol. The quantitative estimate of drug-likeness (QED) is 0.228. The van der Waals surface area contributed by atoms with Crippen molar-refractivity contribution in [3.8, 4) is 0 Å². The lowest BCUT2D eigenvalue weighted by molar-refractivity contribution is 0.542. The highest BCUT2D eigenvalue weighted by Crippen LogP contribution is 2.14. The summed E-state index contributed by atoms with van der Waals surface area (Å²) in [5.74, 6) is 0.984. The summed E-state index contributed by atoms with van der Waals surface area (Å²) in [6.07, 6.45) is 17.3. The van der Waals surface area contributed by atoms with Crippen molar-refractivity contribution in [3.63, 3.8) is 0 Å². The summed E-state index contributed by atoms with van der Waals surface area (Å²) < 4.78 is 20.7. The molecule has 0 fully saturated rings. The van der Waals surface area contributed by atoms with Gasteiger partial charge in [0.1, 0.15) is 0 Å². The lowest BCUT2D eigenvalue weighted by Gasteiger charge is -2.05. The van der Waals surface area contributed by atoms with Crippen LogP contribution in [0.25, 0.3) is 0 Å². The van der Waals surface area contributed by atoms with Gasteiger partial charge in [0.15, 0.2) is 0 Å². The largest absolute Gasteiger partial charge is 0.772 e. The van der Waals surface area contributed by atoms with Gasteiger partial charge in [-0.25, -0.2) is 0 Å². The summed E-state index contributed by atoms with van der Waals surface area (Å²) in [6, 6.07) is 10.8. The Bertz CT molecular complexity index is 423. The first-order valence-corrected chi connectivity index (χ1v) is 12.4. The minimum absolute atomic E-state index is 0.256. The summed E-state index contributed by atoms with van der Waals surface area (Å²) in [5.41, 5.74) is 1.47. The Morgan fingerprint density at radius 2 is 1.20 bits per heavy atom. The molecule has 2 nitrogen and oxygen atoms in total. The van der Waals surface area contributed by atoms with Crippen LogP contribution in [0.4, 0.5) is 0 Å². The minimum Gasteiger partial charge on any atom is -0.772 e. The smallest absolute Gasteiger partial charge is 0.0560 e. The molecule has 1 unspecified atom stereocenters. The second-order valence-electron chi connectivity index (χ2n) is 6.81. The maximum atomic E-state index is 10.4. The second-order valence-corrected chi connectivity index (χ2v) is 9.17. The Balaban J connectivity index is 1.71. The number of thioether (sulfide) groups is 1. The van der Waals surface area contributed by atoms with E-state index >= 15 is 0 Å². The molecule has 0 spiro atoms. The molecule has 0 N–H and O–H groups in total. The Labute approximate surface area is 161 Å². The fourth-order valence-corrected chi connectivity index (χ4v) is 4.50. The first-order valence-electron chi connectivity index (χ1n) is 9.96. The van der Waals surface area contributed by atoms with Gasteiger partial charge < -0.3 is 4.55 Å². The summed E-state index contributed by atoms with van der Waals surface area (Å²) in [4.78, 5) is 0. The van der Waals surface area contributed by atoms with Crippen molar-refractivity contribution >= 4 is 22.8 Å². The van der Waals surface area contributed by atoms with Gasteiger partial charge in [0.2, 0.25) is 0 Å². The summed E-state index contributed by atoms with van der Waals surface area (Å²) >= 11 is -0.348. The number of rotatable bonds is 17. The summed E-state index contributed by atoms with van der Waals surface area (Å²) in [7, 11) is 0. The van der Waals surface area contributed by atoms with E-state index < -0.39 is 11.1 Å². The molecule has 0 radical (unpaired) electrons. The van der Waals surface area contributed by atoms with Crippen LogP contribution in [0.5, 0.6) is 0 Å². The van der Waals surface area contributed by atoms with E-state index in [1.165, 1.54) is 94.4 Å². The lowest BCUT2D eigenvalue weighted by atomic mass is 10.0. The predicted molar refractivity (Wildman–Crippen MR) is 112 cm³/mol. The van der Waals surface area contributed by atoms with Gasteiger partial charge in [-0.15, -0.1) is 11.8 Å². The van der Waals surface area contributed by atoms with E-state index in [9.17, 15) is 8.76 Å². The van der Waals surface area contributed by atoms with Crippen molar-refractivity contribution in [1.82, 2.24) is 0 Å². The average Bonchev–Trinajstić information content (AvgIpc) is 2.62. The Morgan fingerprint density at radius 1 is 0.720 bits per heavy atom. The highest BCUT2D eigenvalue weighted by atomic mass is 32.2. The third kappa shape index (κ3) is 15.6. The van der Waals surface area contributed by atoms with E-state index in [1.54, 1.807) is 0 Å². The highest BCUT2D eigenvalue weighted by molar-refractivity contribution is 8.08. The van der Waals surface area contributed by atoms with Crippen LogP contribution in [-0.2, 0) is 17.5 Å². The fourth-order valence-electron chi connectivity index (χ4n) is 3.07. The first kappa shape index (κ1) is 22.7. The van der Waals surface area contributed by atoms with Crippen LogP contribution in [0, 0.1) is 0 Å². The molecule has 1 aromatic carbocycles. The molecule has 0 aliphatic heterocycles. The van der Waals surface area contributed by atoms with Gasteiger partial charge in [0, 0.05) is 0 Å². The standard InChI is InChI=1S/C21H36O2S2/c22-25(23)20-24-19-15-10-8-6-4-2-1-3-5-7-9-12-16-21-17-13-11-14-18-21/h11,13-14,17-18H,1-10,12,15-16,19-20H2,(H,22,23)/p-1. The van der Waals surface area contributed by atoms with Crippen molar-refractivity contribution < 1.29 is 8.76 Å². The zero-order valence-corrected chi connectivity index (χ0v) is 17.3. The number of hydrogen-bond donors (Lipinski definition) is 0. The number of aryl methyl sites for hydroxylation is 1. The molecule has 0 bridgehead atoms. The Morgan fingerprint density at radius 3 is 1.72 bits per heavy atom. The molecule has 1 rings (SSSR count). The van der Waals surface area contributed by atoms with Crippen molar-refractivity contribution in [2.45, 2.75) is 83.5 Å². The molecule has 1 atom stereocenters. The van der Waals surface area contributed by atoms with Gasteiger partial charge in [0.25, 0.3) is 0 Å². The topological polar surface area (TPSA) is 40.1 Å². The molecule has 0 heterocycles. The van der Waals surface area contributed by atoms with E-state index in [2.05, 4.69) is 30.3 Å². The van der Waals surface area contributed by atoms with Crippen LogP contribution in [0.1, 0.15) is 82.6 Å². The van der Waals surface area contributed by atoms with Gasteiger partial charge in [-0.3, -0.25) is 4.21 Å². The molecule has 0 aromatic heterocycles. The predicted octanol–water partition coefficient (Wildman–Crippen LogP) is 6.48. The van der Waals surface area contributed by atoms with Crippen LogP contribution in [0.15, 0.2) is 30.3 Å². The van der Waals surface area contributed by atoms with E-state index in [4.69, 9.17) is 0 Å². The van der Waals surface area contributed by atoms with Crippen molar-refractivity contribution in [3.05, 3.63) is 35.9 Å². The van der Waals surface area contributed by atoms with E-state index in [0.717, 1.165) is 12.2 Å². The van der Waals surface area contributed by atoms with E-state index in [-0.39, 0.29) is 5.08 Å². The van der Waals surface area contributed by atoms with Crippen LogP contribution in [0.2, 0.25) is 0 Å². The first-order chi connectivity index (χ1) is 12.3. The summed E-state index contributed by atoms with van der Waals surface area (Å²) in [6.45, 7) is 0. The number of benzene rings is 1. The molecule has 1 aromatic rings. The van der Waals surface area contributed by atoms with Crippen LogP contribution < -0.4 is 0 Å². The van der Waals surface area contributed by atoms with E-state index in [0.29, 0.717) is 0 Å². The molecule has 0 aliphatic rings. The molecular formula is C21H35O2S2-. The highest BCUT2D eigenvalue weighted by Gasteiger charge is 1.95. The molecule has 144 valence electrons.